The van der Waals surface area contributed by atoms with Crippen LogP contribution in [0.5, 0.6) is 0 Å². The summed E-state index contributed by atoms with van der Waals surface area (Å²) in [6.07, 6.45) is 5.35. The van der Waals surface area contributed by atoms with E-state index < -0.39 is 27.9 Å². The molecule has 2 amide bonds. The van der Waals surface area contributed by atoms with Crippen molar-refractivity contribution in [2.75, 3.05) is 12.0 Å². The Morgan fingerprint density at radius 2 is 1.81 bits per heavy atom. The van der Waals surface area contributed by atoms with Crippen molar-refractivity contribution in [3.8, 4) is 0 Å². The lowest BCUT2D eigenvalue weighted by molar-refractivity contribution is -0.139. The Balaban J connectivity index is 2.46. The van der Waals surface area contributed by atoms with Crippen molar-refractivity contribution in [3.05, 3.63) is 0 Å². The zero-order valence-electron chi connectivity index (χ0n) is 12.5. The summed E-state index contributed by atoms with van der Waals surface area (Å²) in [4.78, 5) is 22.9. The maximum atomic E-state index is 11.8. The fourth-order valence-electron chi connectivity index (χ4n) is 2.57. The maximum absolute atomic E-state index is 11.8. The molecule has 122 valence electrons. The molecule has 0 radical (unpaired) electrons. The molecule has 0 heterocycles. The van der Waals surface area contributed by atoms with Crippen molar-refractivity contribution in [3.63, 3.8) is 0 Å². The van der Waals surface area contributed by atoms with Crippen molar-refractivity contribution < 1.29 is 23.1 Å². The van der Waals surface area contributed by atoms with E-state index >= 15 is 0 Å². The number of hydrogen-bond donors (Lipinski definition) is 3. The van der Waals surface area contributed by atoms with Crippen molar-refractivity contribution in [1.82, 2.24) is 10.6 Å². The summed E-state index contributed by atoms with van der Waals surface area (Å²) in [7, 11) is -3.26. The van der Waals surface area contributed by atoms with Gasteiger partial charge in [-0.15, -0.1) is 0 Å². The quantitative estimate of drug-likeness (QED) is 0.641. The molecule has 8 heteroatoms. The van der Waals surface area contributed by atoms with Gasteiger partial charge in [-0.2, -0.15) is 0 Å². The van der Waals surface area contributed by atoms with E-state index in [9.17, 15) is 18.0 Å². The molecule has 1 rings (SSSR count). The standard InChI is InChI=1S/C13H24N2O5S/c1-9(10-5-3-4-6-10)14-13(18)15-11(12(16)17)7-8-21(2,19)20/h9-11H,3-8H2,1-2H3,(H,16,17)(H2,14,15,18). The van der Waals surface area contributed by atoms with E-state index in [0.29, 0.717) is 5.92 Å². The van der Waals surface area contributed by atoms with E-state index in [0.717, 1.165) is 31.9 Å². The lowest BCUT2D eigenvalue weighted by atomic mass is 10.0. The Hall–Kier alpha value is -1.31. The van der Waals surface area contributed by atoms with Gasteiger partial charge in [0, 0.05) is 12.3 Å². The minimum atomic E-state index is -3.26. The SMILES string of the molecule is CC(NC(=O)NC(CCS(C)(=O)=O)C(=O)O)C1CCCC1. The number of nitrogens with one attached hydrogen (secondary N) is 2. The van der Waals surface area contributed by atoms with Crippen LogP contribution in [0.15, 0.2) is 0 Å². The first kappa shape index (κ1) is 17.7. The molecule has 0 aromatic rings. The van der Waals surface area contributed by atoms with E-state index in [1.54, 1.807) is 0 Å². The van der Waals surface area contributed by atoms with Gasteiger partial charge in [-0.25, -0.2) is 18.0 Å². The Morgan fingerprint density at radius 3 is 2.29 bits per heavy atom. The highest BCUT2D eigenvalue weighted by atomic mass is 32.2. The Kier molecular flexibility index (Phi) is 6.44. The molecule has 0 aromatic carbocycles. The molecule has 1 aliphatic rings. The number of amides is 2. The predicted molar refractivity (Wildman–Crippen MR) is 78.8 cm³/mol. The summed E-state index contributed by atoms with van der Waals surface area (Å²) in [6, 6.07) is -1.78. The number of sulfone groups is 1. The van der Waals surface area contributed by atoms with Crippen molar-refractivity contribution >= 4 is 21.8 Å². The van der Waals surface area contributed by atoms with Crippen LogP contribution in [0.2, 0.25) is 0 Å². The Bertz CT molecular complexity index is 471. The molecule has 1 fully saturated rings. The van der Waals surface area contributed by atoms with Crippen LogP contribution in [-0.4, -0.2) is 49.6 Å². The summed E-state index contributed by atoms with van der Waals surface area (Å²) in [5.74, 6) is -1.08. The molecular weight excluding hydrogens is 296 g/mol. The van der Waals surface area contributed by atoms with Gasteiger partial charge in [0.1, 0.15) is 15.9 Å². The fourth-order valence-corrected chi connectivity index (χ4v) is 3.24. The zero-order valence-corrected chi connectivity index (χ0v) is 13.3. The second kappa shape index (κ2) is 7.63. The van der Waals surface area contributed by atoms with Gasteiger partial charge in [0.15, 0.2) is 0 Å². The number of hydrogen-bond acceptors (Lipinski definition) is 4. The van der Waals surface area contributed by atoms with E-state index in [4.69, 9.17) is 5.11 Å². The maximum Gasteiger partial charge on any atom is 0.326 e. The molecule has 0 saturated heterocycles. The molecule has 2 unspecified atom stereocenters. The van der Waals surface area contributed by atoms with E-state index in [-0.39, 0.29) is 18.2 Å². The first-order valence-corrected chi connectivity index (χ1v) is 9.22. The van der Waals surface area contributed by atoms with Crippen LogP contribution in [0, 0.1) is 5.92 Å². The molecule has 3 N–H and O–H groups in total. The van der Waals surface area contributed by atoms with Gasteiger partial charge in [0.05, 0.1) is 5.75 Å². The van der Waals surface area contributed by atoms with Gasteiger partial charge in [0.25, 0.3) is 0 Å². The summed E-state index contributed by atoms with van der Waals surface area (Å²) in [5.41, 5.74) is 0. The van der Waals surface area contributed by atoms with Gasteiger partial charge in [-0.05, 0) is 32.1 Å². The number of aliphatic carboxylic acids is 1. The first-order chi connectivity index (χ1) is 9.69. The van der Waals surface area contributed by atoms with Crippen LogP contribution < -0.4 is 10.6 Å². The summed E-state index contributed by atoms with van der Waals surface area (Å²) in [5, 5.41) is 14.1. The lowest BCUT2D eigenvalue weighted by Gasteiger charge is -2.22. The molecule has 0 bridgehead atoms. The molecule has 21 heavy (non-hydrogen) atoms. The van der Waals surface area contributed by atoms with E-state index in [1.807, 2.05) is 6.92 Å². The number of carbonyl (C=O) groups excluding carboxylic acids is 1. The van der Waals surface area contributed by atoms with Gasteiger partial charge in [0.2, 0.25) is 0 Å². The van der Waals surface area contributed by atoms with Crippen LogP contribution in [0.3, 0.4) is 0 Å². The normalized spacial score (nSPS) is 19.0. The van der Waals surface area contributed by atoms with Crippen LogP contribution >= 0.6 is 0 Å². The van der Waals surface area contributed by atoms with E-state index in [1.165, 1.54) is 0 Å². The van der Waals surface area contributed by atoms with Gasteiger partial charge in [-0.1, -0.05) is 12.8 Å². The van der Waals surface area contributed by atoms with Gasteiger partial charge < -0.3 is 15.7 Å². The molecule has 1 aliphatic carbocycles. The van der Waals surface area contributed by atoms with Crippen molar-refractivity contribution in [2.24, 2.45) is 5.92 Å². The highest BCUT2D eigenvalue weighted by Gasteiger charge is 2.25. The minimum absolute atomic E-state index is 0.0168. The Labute approximate surface area is 125 Å². The average Bonchev–Trinajstić information content (AvgIpc) is 2.86. The molecule has 1 saturated carbocycles. The molecule has 2 atom stereocenters. The third-order valence-electron chi connectivity index (χ3n) is 3.85. The smallest absolute Gasteiger partial charge is 0.326 e. The number of urea groups is 1. The van der Waals surface area contributed by atoms with Gasteiger partial charge >= 0.3 is 12.0 Å². The topological polar surface area (TPSA) is 113 Å². The second-order valence-electron chi connectivity index (χ2n) is 5.76. The first-order valence-electron chi connectivity index (χ1n) is 7.16. The van der Waals surface area contributed by atoms with E-state index in [2.05, 4.69) is 10.6 Å². The summed E-state index contributed by atoms with van der Waals surface area (Å²) < 4.78 is 22.1. The zero-order chi connectivity index (χ0) is 16.0. The average molecular weight is 320 g/mol. The van der Waals surface area contributed by atoms with Crippen LogP contribution in [0.25, 0.3) is 0 Å². The van der Waals surface area contributed by atoms with Gasteiger partial charge in [-0.3, -0.25) is 0 Å². The summed E-state index contributed by atoms with van der Waals surface area (Å²) >= 11 is 0. The third kappa shape index (κ3) is 6.79. The highest BCUT2D eigenvalue weighted by molar-refractivity contribution is 7.90. The molecule has 7 nitrogen and oxygen atoms in total. The minimum Gasteiger partial charge on any atom is -0.480 e. The van der Waals surface area contributed by atoms with Crippen molar-refractivity contribution in [1.29, 1.82) is 0 Å². The van der Waals surface area contributed by atoms with Crippen molar-refractivity contribution in [2.45, 2.75) is 51.1 Å². The molecule has 0 spiro atoms. The number of carboxylic acids is 1. The Morgan fingerprint density at radius 1 is 1.24 bits per heavy atom. The number of carbonyl (C=O) groups is 2. The molecule has 0 aromatic heterocycles. The largest absolute Gasteiger partial charge is 0.480 e. The number of rotatable bonds is 7. The third-order valence-corrected chi connectivity index (χ3v) is 4.82. The lowest BCUT2D eigenvalue weighted by Crippen LogP contribution is -2.50. The molecular formula is C13H24N2O5S. The second-order valence-corrected chi connectivity index (χ2v) is 8.02. The van der Waals surface area contributed by atoms with Crippen LogP contribution in [0.4, 0.5) is 4.79 Å². The molecule has 0 aliphatic heterocycles. The van der Waals surface area contributed by atoms with Crippen LogP contribution in [-0.2, 0) is 14.6 Å². The monoisotopic (exact) mass is 320 g/mol. The highest BCUT2D eigenvalue weighted by Crippen LogP contribution is 2.27. The summed E-state index contributed by atoms with van der Waals surface area (Å²) in [6.45, 7) is 1.90. The van der Waals surface area contributed by atoms with Crippen LogP contribution in [0.1, 0.15) is 39.0 Å². The number of carboxylic acid groups (broad SMARTS) is 1. The predicted octanol–water partition coefficient (Wildman–Crippen LogP) is 0.752. The fraction of sp³-hybridized carbons (Fsp3) is 0.846.